The Bertz CT molecular complexity index is 767. The van der Waals surface area contributed by atoms with Crippen molar-refractivity contribution in [2.24, 2.45) is 0 Å². The predicted octanol–water partition coefficient (Wildman–Crippen LogP) is 3.70. The van der Waals surface area contributed by atoms with Crippen LogP contribution in [0, 0.1) is 0 Å². The largest absolute Gasteiger partial charge is 0.497 e. The zero-order valence-electron chi connectivity index (χ0n) is 13.9. The van der Waals surface area contributed by atoms with E-state index >= 15 is 0 Å². The molecular weight excluding hydrogens is 302 g/mol. The molecule has 3 aromatic rings. The third-order valence-electron chi connectivity index (χ3n) is 4.21. The van der Waals surface area contributed by atoms with Crippen LogP contribution in [0.1, 0.15) is 23.7 Å². The fraction of sp³-hybridized carbons (Fsp3) is 0.300. The number of nitrogens with one attached hydrogen (secondary N) is 1. The monoisotopic (exact) mass is 325 g/mol. The molecule has 4 nitrogen and oxygen atoms in total. The fourth-order valence-electron chi connectivity index (χ4n) is 2.93. The fourth-order valence-corrected chi connectivity index (χ4v) is 2.93. The summed E-state index contributed by atoms with van der Waals surface area (Å²) < 4.78 is 11.1. The molecule has 0 fully saturated rings. The first-order valence-corrected chi connectivity index (χ1v) is 8.23. The van der Waals surface area contributed by atoms with E-state index in [2.05, 4.69) is 17.4 Å². The van der Waals surface area contributed by atoms with Gasteiger partial charge in [0.05, 0.1) is 13.7 Å². The van der Waals surface area contributed by atoms with E-state index in [1.54, 1.807) is 7.11 Å². The molecule has 2 N–H and O–H groups in total. The Hall–Kier alpha value is -2.30. The predicted molar refractivity (Wildman–Crippen MR) is 95.4 cm³/mol. The second kappa shape index (κ2) is 7.99. The topological polar surface area (TPSA) is 54.6 Å². The lowest BCUT2D eigenvalue weighted by molar-refractivity contribution is 0.273. The zero-order valence-corrected chi connectivity index (χ0v) is 13.9. The highest BCUT2D eigenvalue weighted by atomic mass is 16.5. The van der Waals surface area contributed by atoms with Gasteiger partial charge in [-0.15, -0.1) is 0 Å². The number of hydrogen-bond acceptors (Lipinski definition) is 4. The number of furan rings is 1. The molecule has 1 aromatic heterocycles. The van der Waals surface area contributed by atoms with E-state index < -0.39 is 0 Å². The van der Waals surface area contributed by atoms with Gasteiger partial charge >= 0.3 is 0 Å². The summed E-state index contributed by atoms with van der Waals surface area (Å²) in [6.45, 7) is 1.64. The van der Waals surface area contributed by atoms with Crippen LogP contribution >= 0.6 is 0 Å². The normalized spacial score (nSPS) is 12.4. The average molecular weight is 325 g/mol. The Morgan fingerprint density at radius 2 is 1.96 bits per heavy atom. The Morgan fingerprint density at radius 3 is 2.71 bits per heavy atom. The highest BCUT2D eigenvalue weighted by Crippen LogP contribution is 2.24. The average Bonchev–Trinajstić information content (AvgIpc) is 3.03. The van der Waals surface area contributed by atoms with Gasteiger partial charge in [0.25, 0.3) is 0 Å². The lowest BCUT2D eigenvalue weighted by Crippen LogP contribution is -2.21. The minimum absolute atomic E-state index is 0.186. The third kappa shape index (κ3) is 3.96. The van der Waals surface area contributed by atoms with Gasteiger partial charge in [-0.05, 0) is 42.2 Å². The van der Waals surface area contributed by atoms with Gasteiger partial charge in [-0.3, -0.25) is 0 Å². The number of rotatable bonds is 8. The van der Waals surface area contributed by atoms with Crippen molar-refractivity contribution < 1.29 is 14.3 Å². The van der Waals surface area contributed by atoms with Crippen LogP contribution in [0.15, 0.2) is 59.0 Å². The molecule has 24 heavy (non-hydrogen) atoms. The van der Waals surface area contributed by atoms with E-state index in [-0.39, 0.29) is 6.61 Å². The van der Waals surface area contributed by atoms with Crippen molar-refractivity contribution in [2.75, 3.05) is 20.3 Å². The van der Waals surface area contributed by atoms with Crippen LogP contribution < -0.4 is 10.1 Å². The smallest absolute Gasteiger partial charge is 0.134 e. The summed E-state index contributed by atoms with van der Waals surface area (Å²) in [4.78, 5) is 0. The first kappa shape index (κ1) is 16.6. The highest BCUT2D eigenvalue weighted by Gasteiger charge is 2.11. The van der Waals surface area contributed by atoms with E-state index in [4.69, 9.17) is 9.15 Å². The Labute approximate surface area is 142 Å². The minimum atomic E-state index is 0.186. The molecule has 0 aliphatic heterocycles. The Morgan fingerprint density at radius 1 is 1.12 bits per heavy atom. The SMILES string of the molecule is COc1ccc2oc(CNCC(CCO)c3ccccc3)cc2c1. The summed E-state index contributed by atoms with van der Waals surface area (Å²) in [6.07, 6.45) is 0.744. The summed E-state index contributed by atoms with van der Waals surface area (Å²) in [5.74, 6) is 2.02. The lowest BCUT2D eigenvalue weighted by Gasteiger charge is -2.16. The molecule has 0 saturated heterocycles. The molecular formula is C20H23NO3. The van der Waals surface area contributed by atoms with Crippen molar-refractivity contribution in [1.29, 1.82) is 0 Å². The van der Waals surface area contributed by atoms with E-state index in [9.17, 15) is 5.11 Å². The van der Waals surface area contributed by atoms with Crippen molar-refractivity contribution in [2.45, 2.75) is 18.9 Å². The highest BCUT2D eigenvalue weighted by molar-refractivity contribution is 5.79. The molecule has 3 rings (SSSR count). The van der Waals surface area contributed by atoms with E-state index in [1.807, 2.05) is 42.5 Å². The molecule has 1 atom stereocenters. The molecule has 0 aliphatic carbocycles. The quantitative estimate of drug-likeness (QED) is 0.663. The summed E-state index contributed by atoms with van der Waals surface area (Å²) >= 11 is 0. The van der Waals surface area contributed by atoms with E-state index in [0.717, 1.165) is 35.4 Å². The van der Waals surface area contributed by atoms with Gasteiger partial charge in [0, 0.05) is 18.5 Å². The maximum atomic E-state index is 9.30. The summed E-state index contributed by atoms with van der Waals surface area (Å²) in [6, 6.07) is 18.1. The summed E-state index contributed by atoms with van der Waals surface area (Å²) in [5.41, 5.74) is 2.11. The van der Waals surface area contributed by atoms with Gasteiger partial charge in [-0.2, -0.15) is 0 Å². The van der Waals surface area contributed by atoms with Gasteiger partial charge in [-0.1, -0.05) is 30.3 Å². The standard InChI is InChI=1S/C20H23NO3/c1-23-18-7-8-20-17(11-18)12-19(24-20)14-21-13-16(9-10-22)15-5-3-2-4-6-15/h2-8,11-12,16,21-22H,9-10,13-14H2,1H3. The molecule has 1 heterocycles. The number of ether oxygens (including phenoxy) is 1. The van der Waals surface area contributed by atoms with Crippen LogP contribution in [-0.4, -0.2) is 25.4 Å². The molecule has 2 aromatic carbocycles. The molecule has 4 heteroatoms. The first-order valence-electron chi connectivity index (χ1n) is 8.23. The van der Waals surface area contributed by atoms with E-state index in [1.165, 1.54) is 5.56 Å². The minimum Gasteiger partial charge on any atom is -0.497 e. The van der Waals surface area contributed by atoms with Crippen molar-refractivity contribution in [1.82, 2.24) is 5.32 Å². The number of aliphatic hydroxyl groups is 1. The molecule has 0 radical (unpaired) electrons. The van der Waals surface area contributed by atoms with Crippen LogP contribution in [0.3, 0.4) is 0 Å². The van der Waals surface area contributed by atoms with Crippen LogP contribution in [-0.2, 0) is 6.54 Å². The molecule has 0 amide bonds. The van der Waals surface area contributed by atoms with E-state index in [0.29, 0.717) is 12.5 Å². The second-order valence-corrected chi connectivity index (χ2v) is 5.87. The molecule has 1 unspecified atom stereocenters. The van der Waals surface area contributed by atoms with Gasteiger partial charge in [0.1, 0.15) is 17.1 Å². The lowest BCUT2D eigenvalue weighted by atomic mass is 9.96. The van der Waals surface area contributed by atoms with Crippen molar-refractivity contribution in [3.8, 4) is 5.75 Å². The number of benzene rings is 2. The van der Waals surface area contributed by atoms with Crippen LogP contribution in [0.4, 0.5) is 0 Å². The number of hydrogen-bond donors (Lipinski definition) is 2. The summed E-state index contributed by atoms with van der Waals surface area (Å²) in [5, 5.41) is 13.8. The van der Waals surface area contributed by atoms with Crippen molar-refractivity contribution >= 4 is 11.0 Å². The number of methoxy groups -OCH3 is 1. The van der Waals surface area contributed by atoms with Gasteiger partial charge < -0.3 is 19.6 Å². The summed E-state index contributed by atoms with van der Waals surface area (Å²) in [7, 11) is 1.66. The first-order chi connectivity index (χ1) is 11.8. The van der Waals surface area contributed by atoms with Gasteiger partial charge in [0.2, 0.25) is 0 Å². The maximum Gasteiger partial charge on any atom is 0.134 e. The third-order valence-corrected chi connectivity index (χ3v) is 4.21. The van der Waals surface area contributed by atoms with Crippen molar-refractivity contribution in [3.63, 3.8) is 0 Å². The molecule has 0 spiro atoms. The number of aliphatic hydroxyl groups excluding tert-OH is 1. The zero-order chi connectivity index (χ0) is 16.8. The molecule has 0 bridgehead atoms. The Balaban J connectivity index is 1.62. The van der Waals surface area contributed by atoms with Gasteiger partial charge in [-0.25, -0.2) is 0 Å². The maximum absolute atomic E-state index is 9.30. The molecule has 0 saturated carbocycles. The number of fused-ring (bicyclic) bond motifs is 1. The Kier molecular flexibility index (Phi) is 5.51. The van der Waals surface area contributed by atoms with Crippen molar-refractivity contribution in [3.05, 3.63) is 65.9 Å². The van der Waals surface area contributed by atoms with Crippen LogP contribution in [0.2, 0.25) is 0 Å². The van der Waals surface area contributed by atoms with Gasteiger partial charge in [0.15, 0.2) is 0 Å². The molecule has 126 valence electrons. The molecule has 0 aliphatic rings. The van der Waals surface area contributed by atoms with Crippen LogP contribution in [0.5, 0.6) is 5.75 Å². The van der Waals surface area contributed by atoms with Crippen LogP contribution in [0.25, 0.3) is 11.0 Å². The second-order valence-electron chi connectivity index (χ2n) is 5.87.